The highest BCUT2D eigenvalue weighted by Gasteiger charge is 2.13. The van der Waals surface area contributed by atoms with Crippen LogP contribution in [0.15, 0.2) is 59.7 Å². The van der Waals surface area contributed by atoms with Gasteiger partial charge < -0.3 is 14.2 Å². The Labute approximate surface area is 207 Å². The first-order chi connectivity index (χ1) is 15.9. The molecule has 172 valence electrons. The van der Waals surface area contributed by atoms with Crippen molar-refractivity contribution in [3.63, 3.8) is 0 Å². The van der Waals surface area contributed by atoms with Crippen molar-refractivity contribution >= 4 is 46.9 Å². The number of nitrogens with zero attached hydrogens (tertiary/aromatic N) is 1. The molecule has 0 saturated heterocycles. The van der Waals surface area contributed by atoms with Gasteiger partial charge in [-0.05, 0) is 66.6 Å². The van der Waals surface area contributed by atoms with Crippen molar-refractivity contribution in [2.45, 2.75) is 13.5 Å². The third-order valence-corrected chi connectivity index (χ3v) is 5.45. The van der Waals surface area contributed by atoms with E-state index >= 15 is 0 Å². The van der Waals surface area contributed by atoms with Crippen molar-refractivity contribution in [3.05, 3.63) is 86.4 Å². The maximum atomic E-state index is 12.3. The summed E-state index contributed by atoms with van der Waals surface area (Å²) in [5, 5.41) is 5.23. The molecule has 33 heavy (non-hydrogen) atoms. The molecule has 0 fully saturated rings. The largest absolute Gasteiger partial charge is 0.494 e. The highest BCUT2D eigenvalue weighted by molar-refractivity contribution is 6.42. The van der Waals surface area contributed by atoms with E-state index in [0.717, 1.165) is 5.56 Å². The average Bonchev–Trinajstić information content (AvgIpc) is 2.81. The lowest BCUT2D eigenvalue weighted by atomic mass is 10.2. The van der Waals surface area contributed by atoms with Crippen molar-refractivity contribution in [1.29, 1.82) is 0 Å². The predicted octanol–water partition coefficient (Wildman–Crippen LogP) is 6.40. The molecule has 0 aliphatic rings. The number of nitrogens with one attached hydrogen (secondary N) is 1. The summed E-state index contributed by atoms with van der Waals surface area (Å²) in [6.07, 6.45) is 1.46. The smallest absolute Gasteiger partial charge is 0.271 e. The molecule has 9 heteroatoms. The van der Waals surface area contributed by atoms with Crippen LogP contribution < -0.4 is 19.6 Å². The van der Waals surface area contributed by atoms with Gasteiger partial charge in [0.15, 0.2) is 11.5 Å². The highest BCUT2D eigenvalue weighted by atomic mass is 35.5. The van der Waals surface area contributed by atoms with E-state index in [9.17, 15) is 4.79 Å². The quantitative estimate of drug-likeness (QED) is 0.269. The molecule has 6 nitrogen and oxygen atoms in total. The minimum Gasteiger partial charge on any atom is -0.494 e. The standard InChI is InChI=1S/C24H21Cl3N2O4/c1-3-32-18-7-5-17(6-8-18)24(30)29-28-13-16-11-21(27)23(22(12-16)31-2)33-14-15-4-9-19(25)20(26)10-15/h4-13H,3,14H2,1-2H3,(H,29,30)/b28-13-. The first-order valence-corrected chi connectivity index (χ1v) is 11.0. The van der Waals surface area contributed by atoms with Crippen LogP contribution in [0.5, 0.6) is 17.2 Å². The van der Waals surface area contributed by atoms with Crippen LogP contribution in [0.3, 0.4) is 0 Å². The van der Waals surface area contributed by atoms with E-state index in [1.165, 1.54) is 13.3 Å². The maximum Gasteiger partial charge on any atom is 0.271 e. The van der Waals surface area contributed by atoms with E-state index < -0.39 is 0 Å². The van der Waals surface area contributed by atoms with Gasteiger partial charge in [-0.1, -0.05) is 40.9 Å². The summed E-state index contributed by atoms with van der Waals surface area (Å²) in [6.45, 7) is 2.67. The predicted molar refractivity (Wildman–Crippen MR) is 131 cm³/mol. The van der Waals surface area contributed by atoms with Crippen molar-refractivity contribution in [2.75, 3.05) is 13.7 Å². The van der Waals surface area contributed by atoms with E-state index in [1.807, 2.05) is 13.0 Å². The first kappa shape index (κ1) is 24.7. The lowest BCUT2D eigenvalue weighted by molar-refractivity contribution is 0.0955. The van der Waals surface area contributed by atoms with Crippen LogP contribution in [0.4, 0.5) is 0 Å². The summed E-state index contributed by atoms with van der Waals surface area (Å²) < 4.78 is 16.6. The molecule has 0 aromatic heterocycles. The Balaban J connectivity index is 1.66. The molecule has 0 unspecified atom stereocenters. The van der Waals surface area contributed by atoms with E-state index in [4.69, 9.17) is 49.0 Å². The molecule has 3 aromatic carbocycles. The molecular weight excluding hydrogens is 487 g/mol. The van der Waals surface area contributed by atoms with E-state index in [2.05, 4.69) is 10.5 Å². The first-order valence-electron chi connectivity index (χ1n) is 9.91. The maximum absolute atomic E-state index is 12.3. The van der Waals surface area contributed by atoms with Gasteiger partial charge in [-0.3, -0.25) is 4.79 Å². The van der Waals surface area contributed by atoms with Crippen LogP contribution >= 0.6 is 34.8 Å². The van der Waals surface area contributed by atoms with Crippen molar-refractivity contribution in [1.82, 2.24) is 5.43 Å². The highest BCUT2D eigenvalue weighted by Crippen LogP contribution is 2.37. The van der Waals surface area contributed by atoms with Crippen LogP contribution in [0.1, 0.15) is 28.4 Å². The fraction of sp³-hybridized carbons (Fsp3) is 0.167. The van der Waals surface area contributed by atoms with Crippen LogP contribution in [0.2, 0.25) is 15.1 Å². The van der Waals surface area contributed by atoms with Gasteiger partial charge in [-0.25, -0.2) is 5.43 Å². The molecule has 0 aliphatic carbocycles. The molecular formula is C24H21Cl3N2O4. The Morgan fingerprint density at radius 2 is 1.73 bits per heavy atom. The van der Waals surface area contributed by atoms with Crippen molar-refractivity contribution in [3.8, 4) is 17.2 Å². The minimum absolute atomic E-state index is 0.221. The summed E-state index contributed by atoms with van der Waals surface area (Å²) >= 11 is 18.4. The van der Waals surface area contributed by atoms with Crippen molar-refractivity contribution in [2.24, 2.45) is 5.10 Å². The third kappa shape index (κ3) is 6.78. The zero-order valence-electron chi connectivity index (χ0n) is 17.9. The van der Waals surface area contributed by atoms with Gasteiger partial charge in [0.2, 0.25) is 0 Å². The lowest BCUT2D eigenvalue weighted by Gasteiger charge is -2.13. The number of rotatable bonds is 9. The number of methoxy groups -OCH3 is 1. The second-order valence-corrected chi connectivity index (χ2v) is 7.95. The fourth-order valence-electron chi connectivity index (χ4n) is 2.84. The number of hydrazone groups is 1. The summed E-state index contributed by atoms with van der Waals surface area (Å²) in [6, 6.07) is 15.4. The summed E-state index contributed by atoms with van der Waals surface area (Å²) in [5.41, 5.74) is 4.37. The molecule has 0 atom stereocenters. The number of benzene rings is 3. The van der Waals surface area contributed by atoms with Gasteiger partial charge >= 0.3 is 0 Å². The van der Waals surface area contributed by atoms with E-state index in [0.29, 0.717) is 50.1 Å². The lowest BCUT2D eigenvalue weighted by Crippen LogP contribution is -2.17. The zero-order valence-corrected chi connectivity index (χ0v) is 20.2. The second-order valence-electron chi connectivity index (χ2n) is 6.73. The number of halogens is 3. The monoisotopic (exact) mass is 506 g/mol. The van der Waals surface area contributed by atoms with E-state index in [-0.39, 0.29) is 12.5 Å². The second kappa shape index (κ2) is 11.8. The fourth-order valence-corrected chi connectivity index (χ4v) is 3.43. The minimum atomic E-state index is -0.353. The van der Waals surface area contributed by atoms with Gasteiger partial charge in [0.05, 0.1) is 35.0 Å². The number of amides is 1. The van der Waals surface area contributed by atoms with Crippen LogP contribution in [0.25, 0.3) is 0 Å². The number of carbonyl (C=O) groups excluding carboxylic acids is 1. The van der Waals surface area contributed by atoms with Crippen LogP contribution in [0, 0.1) is 0 Å². The normalized spacial score (nSPS) is 10.8. The Kier molecular flexibility index (Phi) is 8.83. The van der Waals surface area contributed by atoms with Gasteiger partial charge in [0, 0.05) is 5.56 Å². The molecule has 0 radical (unpaired) electrons. The molecule has 0 spiro atoms. The number of ether oxygens (including phenoxy) is 3. The average molecular weight is 508 g/mol. The number of carbonyl (C=O) groups is 1. The Morgan fingerprint density at radius 1 is 0.970 bits per heavy atom. The van der Waals surface area contributed by atoms with Gasteiger partial charge in [0.1, 0.15) is 12.4 Å². The molecule has 3 aromatic rings. The Morgan fingerprint density at radius 3 is 2.39 bits per heavy atom. The molecule has 0 bridgehead atoms. The van der Waals surface area contributed by atoms with Crippen LogP contribution in [-0.4, -0.2) is 25.8 Å². The van der Waals surface area contributed by atoms with Gasteiger partial charge in [-0.2, -0.15) is 5.10 Å². The van der Waals surface area contributed by atoms with Crippen LogP contribution in [-0.2, 0) is 6.61 Å². The topological polar surface area (TPSA) is 69.2 Å². The summed E-state index contributed by atoms with van der Waals surface area (Å²) in [5.74, 6) is 1.14. The molecule has 0 aliphatic heterocycles. The summed E-state index contributed by atoms with van der Waals surface area (Å²) in [4.78, 5) is 12.3. The van der Waals surface area contributed by atoms with Gasteiger partial charge in [0.25, 0.3) is 5.91 Å². The molecule has 3 rings (SSSR count). The molecule has 0 saturated carbocycles. The Bertz CT molecular complexity index is 1150. The number of hydrogen-bond acceptors (Lipinski definition) is 5. The zero-order chi connectivity index (χ0) is 23.8. The molecule has 1 amide bonds. The number of hydrogen-bond donors (Lipinski definition) is 1. The Hall–Kier alpha value is -2.93. The van der Waals surface area contributed by atoms with Crippen molar-refractivity contribution < 1.29 is 19.0 Å². The third-order valence-electron chi connectivity index (χ3n) is 4.43. The summed E-state index contributed by atoms with van der Waals surface area (Å²) in [7, 11) is 1.51. The molecule has 0 heterocycles. The SMILES string of the molecule is CCOc1ccc(C(=O)N/N=C\c2cc(Cl)c(OCc3ccc(Cl)c(Cl)c3)c(OC)c2)cc1. The van der Waals surface area contributed by atoms with Gasteiger partial charge in [-0.15, -0.1) is 0 Å². The molecule has 1 N–H and O–H groups in total. The van der Waals surface area contributed by atoms with E-state index in [1.54, 1.807) is 48.5 Å².